The second-order valence-corrected chi connectivity index (χ2v) is 9.19. The van der Waals surface area contributed by atoms with Gasteiger partial charge in [0.15, 0.2) is 0 Å². The highest BCUT2D eigenvalue weighted by Gasteiger charge is 2.39. The molecule has 0 N–H and O–H groups in total. The number of ether oxygens (including phenoxy) is 3. The van der Waals surface area contributed by atoms with Crippen LogP contribution in [0.2, 0.25) is 0 Å². The molecule has 3 atom stereocenters. The van der Waals surface area contributed by atoms with Gasteiger partial charge < -0.3 is 14.2 Å². The second kappa shape index (κ2) is 11.7. The molecule has 4 nitrogen and oxygen atoms in total. The summed E-state index contributed by atoms with van der Waals surface area (Å²) in [5.41, 5.74) is 3.95. The first-order chi connectivity index (χ1) is 16.2. The Hall–Kier alpha value is -3.04. The first-order valence-corrected chi connectivity index (χ1v) is 11.9. The van der Waals surface area contributed by atoms with Crippen LogP contribution >= 0.6 is 11.8 Å². The van der Waals surface area contributed by atoms with E-state index < -0.39 is 0 Å². The van der Waals surface area contributed by atoms with E-state index in [1.54, 1.807) is 18.0 Å². The lowest BCUT2D eigenvalue weighted by atomic mass is 10.0. The molecule has 1 heterocycles. The molecule has 0 aromatic heterocycles. The number of thioether (sulfide) groups is 1. The minimum atomic E-state index is -0.341. The van der Waals surface area contributed by atoms with Crippen LogP contribution < -0.4 is 0 Å². The zero-order valence-electron chi connectivity index (χ0n) is 18.6. The van der Waals surface area contributed by atoms with E-state index in [0.29, 0.717) is 25.4 Å². The minimum Gasteiger partial charge on any atom is -0.492 e. The smallest absolute Gasteiger partial charge is 0.149 e. The molecular weight excluding hydrogens is 430 g/mol. The van der Waals surface area contributed by atoms with Crippen LogP contribution in [0.25, 0.3) is 0 Å². The van der Waals surface area contributed by atoms with Crippen LogP contribution in [0.5, 0.6) is 0 Å². The van der Waals surface area contributed by atoms with E-state index in [4.69, 9.17) is 14.2 Å². The Morgan fingerprint density at radius 1 is 0.879 bits per heavy atom. The Morgan fingerprint density at radius 2 is 1.52 bits per heavy atom. The molecule has 1 aliphatic rings. The third kappa shape index (κ3) is 6.49. The van der Waals surface area contributed by atoms with Gasteiger partial charge in [-0.2, -0.15) is 5.26 Å². The van der Waals surface area contributed by atoms with E-state index in [1.807, 2.05) is 60.7 Å². The second-order valence-electron chi connectivity index (χ2n) is 7.97. The van der Waals surface area contributed by atoms with Gasteiger partial charge >= 0.3 is 0 Å². The van der Waals surface area contributed by atoms with Gasteiger partial charge in [-0.05, 0) is 30.2 Å². The van der Waals surface area contributed by atoms with Gasteiger partial charge in [-0.3, -0.25) is 0 Å². The molecule has 5 heteroatoms. The third-order valence-electron chi connectivity index (χ3n) is 5.43. The fourth-order valence-electron chi connectivity index (χ4n) is 3.62. The lowest BCUT2D eigenvalue weighted by Gasteiger charge is -2.36. The number of nitrogens with zero attached hydrogens (tertiary/aromatic N) is 1. The highest BCUT2D eigenvalue weighted by Crippen LogP contribution is 2.36. The topological polar surface area (TPSA) is 51.5 Å². The van der Waals surface area contributed by atoms with E-state index in [9.17, 15) is 5.26 Å². The molecule has 0 saturated heterocycles. The summed E-state index contributed by atoms with van der Waals surface area (Å²) < 4.78 is 18.4. The van der Waals surface area contributed by atoms with Crippen molar-refractivity contribution in [2.24, 2.45) is 0 Å². The van der Waals surface area contributed by atoms with Gasteiger partial charge in [0.05, 0.1) is 43.0 Å². The minimum absolute atomic E-state index is 0.194. The lowest BCUT2D eigenvalue weighted by Crippen LogP contribution is -2.45. The van der Waals surface area contributed by atoms with Gasteiger partial charge in [-0.1, -0.05) is 78.4 Å². The number of hydrogen-bond acceptors (Lipinski definition) is 5. The summed E-state index contributed by atoms with van der Waals surface area (Å²) in [5, 5.41) is 9.61. The maximum Gasteiger partial charge on any atom is 0.149 e. The summed E-state index contributed by atoms with van der Waals surface area (Å²) in [6.07, 6.45) is 0.912. The molecule has 0 aliphatic carbocycles. The lowest BCUT2D eigenvalue weighted by molar-refractivity contribution is -0.0904. The largest absolute Gasteiger partial charge is 0.492 e. The highest BCUT2D eigenvalue weighted by molar-refractivity contribution is 8.00. The van der Waals surface area contributed by atoms with Crippen molar-refractivity contribution in [3.63, 3.8) is 0 Å². The average molecular weight is 458 g/mol. The molecule has 3 aromatic rings. The molecular formula is C28H27NO3S. The third-order valence-corrected chi connectivity index (χ3v) is 6.75. The van der Waals surface area contributed by atoms with E-state index in [1.165, 1.54) is 5.56 Å². The normalized spacial score (nSPS) is 19.9. The highest BCUT2D eigenvalue weighted by atomic mass is 32.2. The number of aryl methyl sites for hydroxylation is 1. The molecule has 3 aromatic carbocycles. The van der Waals surface area contributed by atoms with E-state index in [2.05, 4.69) is 37.3 Å². The number of benzene rings is 3. The summed E-state index contributed by atoms with van der Waals surface area (Å²) in [5.74, 6) is 0. The fourth-order valence-corrected chi connectivity index (χ4v) is 4.83. The van der Waals surface area contributed by atoms with Gasteiger partial charge in [0.2, 0.25) is 0 Å². The summed E-state index contributed by atoms with van der Waals surface area (Å²) in [6.45, 7) is 3.37. The van der Waals surface area contributed by atoms with Crippen molar-refractivity contribution in [3.05, 3.63) is 113 Å². The van der Waals surface area contributed by atoms with Gasteiger partial charge in [-0.15, -0.1) is 11.8 Å². The van der Waals surface area contributed by atoms with Crippen molar-refractivity contribution in [3.8, 4) is 6.07 Å². The summed E-state index contributed by atoms with van der Waals surface area (Å²) >= 11 is 1.63. The maximum absolute atomic E-state index is 9.80. The molecule has 0 fully saturated rings. The Labute approximate surface area is 199 Å². The van der Waals surface area contributed by atoms with Crippen LogP contribution in [0, 0.1) is 18.3 Å². The molecule has 0 spiro atoms. The quantitative estimate of drug-likeness (QED) is 0.391. The Morgan fingerprint density at radius 3 is 2.15 bits per heavy atom. The first kappa shape index (κ1) is 23.1. The van der Waals surface area contributed by atoms with Gasteiger partial charge in [-0.25, -0.2) is 0 Å². The standard InChI is InChI=1S/C28H27NO3S/c1-21-12-14-25(15-13-21)33-28-24(16-29)19-31-26(20-30-17-22-8-4-2-5-9-22)27(28)32-18-23-10-6-3-7-11-23/h2-15,19,26-28H,17-18,20H2,1H3/t26-,27+,28+/m1/s1. The first-order valence-electron chi connectivity index (χ1n) is 11.0. The molecule has 168 valence electrons. The fraction of sp³-hybridized carbons (Fsp3) is 0.250. The monoisotopic (exact) mass is 457 g/mol. The average Bonchev–Trinajstić information content (AvgIpc) is 2.86. The van der Waals surface area contributed by atoms with E-state index in [-0.39, 0.29) is 17.5 Å². The van der Waals surface area contributed by atoms with Crippen LogP contribution in [-0.2, 0) is 27.4 Å². The molecule has 0 saturated carbocycles. The summed E-state index contributed by atoms with van der Waals surface area (Å²) in [7, 11) is 0. The predicted octanol–water partition coefficient (Wildman–Crippen LogP) is 6.06. The van der Waals surface area contributed by atoms with Crippen LogP contribution in [0.1, 0.15) is 16.7 Å². The molecule has 4 rings (SSSR count). The van der Waals surface area contributed by atoms with Crippen molar-refractivity contribution < 1.29 is 14.2 Å². The van der Waals surface area contributed by atoms with Crippen LogP contribution in [-0.4, -0.2) is 24.1 Å². The van der Waals surface area contributed by atoms with Gasteiger partial charge in [0, 0.05) is 4.90 Å². The SMILES string of the molecule is Cc1ccc(S[C@H]2C(C#N)=CO[C@H](COCc3ccccc3)[C@@H]2OCc2ccccc2)cc1. The summed E-state index contributed by atoms with van der Waals surface area (Å²) in [4.78, 5) is 1.09. The van der Waals surface area contributed by atoms with Crippen molar-refractivity contribution in [1.29, 1.82) is 5.26 Å². The maximum atomic E-state index is 9.80. The summed E-state index contributed by atoms with van der Waals surface area (Å²) in [6, 6.07) is 30.7. The van der Waals surface area contributed by atoms with E-state index >= 15 is 0 Å². The Kier molecular flexibility index (Phi) is 8.21. The number of rotatable bonds is 9. The molecule has 0 radical (unpaired) electrons. The van der Waals surface area contributed by atoms with Crippen molar-refractivity contribution >= 4 is 11.8 Å². The van der Waals surface area contributed by atoms with Crippen molar-refractivity contribution in [2.75, 3.05) is 6.61 Å². The number of nitriles is 1. The van der Waals surface area contributed by atoms with Crippen LogP contribution in [0.15, 0.2) is 102 Å². The molecule has 0 amide bonds. The van der Waals surface area contributed by atoms with Crippen molar-refractivity contribution in [1.82, 2.24) is 0 Å². The zero-order chi connectivity index (χ0) is 22.9. The molecule has 0 unspecified atom stereocenters. The zero-order valence-corrected chi connectivity index (χ0v) is 19.4. The van der Waals surface area contributed by atoms with Gasteiger partial charge in [0.1, 0.15) is 12.2 Å². The van der Waals surface area contributed by atoms with Crippen LogP contribution in [0.4, 0.5) is 0 Å². The van der Waals surface area contributed by atoms with E-state index in [0.717, 1.165) is 16.0 Å². The molecule has 1 aliphatic heterocycles. The van der Waals surface area contributed by atoms with Crippen molar-refractivity contribution in [2.45, 2.75) is 42.5 Å². The Balaban J connectivity index is 1.52. The number of hydrogen-bond donors (Lipinski definition) is 0. The molecule has 33 heavy (non-hydrogen) atoms. The Bertz CT molecular complexity index is 1080. The predicted molar refractivity (Wildman–Crippen MR) is 131 cm³/mol. The van der Waals surface area contributed by atoms with Gasteiger partial charge in [0.25, 0.3) is 0 Å². The van der Waals surface area contributed by atoms with Crippen LogP contribution in [0.3, 0.4) is 0 Å². The molecule has 0 bridgehead atoms.